The zero-order valence-electron chi connectivity index (χ0n) is 10.6. The summed E-state index contributed by atoms with van der Waals surface area (Å²) in [6.07, 6.45) is 0. The summed E-state index contributed by atoms with van der Waals surface area (Å²) in [7, 11) is 0. The largest absolute Gasteiger partial charge is 0.338 e. The van der Waals surface area contributed by atoms with Gasteiger partial charge in [0.2, 0.25) is 5.89 Å². The first kappa shape index (κ1) is 13.1. The molecule has 1 aromatic carbocycles. The molecule has 4 nitrogen and oxygen atoms in total. The second-order valence-corrected chi connectivity index (χ2v) is 4.78. The summed E-state index contributed by atoms with van der Waals surface area (Å²) in [5, 5.41) is 7.93. The van der Waals surface area contributed by atoms with Gasteiger partial charge in [0.05, 0.1) is 6.04 Å². The smallest absolute Gasteiger partial charge is 0.243 e. The van der Waals surface area contributed by atoms with E-state index in [-0.39, 0.29) is 12.1 Å². The fourth-order valence-electron chi connectivity index (χ4n) is 1.78. The van der Waals surface area contributed by atoms with Crippen molar-refractivity contribution in [1.29, 1.82) is 0 Å². The predicted octanol–water partition coefficient (Wildman–Crippen LogP) is 3.44. The van der Waals surface area contributed by atoms with Crippen LogP contribution in [0.25, 0.3) is 0 Å². The summed E-state index contributed by atoms with van der Waals surface area (Å²) < 4.78 is 5.14. The van der Waals surface area contributed by atoms with E-state index in [9.17, 15) is 0 Å². The number of nitrogens with one attached hydrogen (secondary N) is 1. The Kier molecular flexibility index (Phi) is 3.99. The highest BCUT2D eigenvalue weighted by Crippen LogP contribution is 2.20. The molecule has 0 aliphatic rings. The van der Waals surface area contributed by atoms with E-state index in [1.165, 1.54) is 5.56 Å². The maximum Gasteiger partial charge on any atom is 0.243 e. The van der Waals surface area contributed by atoms with Crippen LogP contribution in [0, 0.1) is 6.92 Å². The molecule has 18 heavy (non-hydrogen) atoms. The van der Waals surface area contributed by atoms with E-state index in [0.29, 0.717) is 11.7 Å². The molecule has 1 heterocycles. The van der Waals surface area contributed by atoms with E-state index < -0.39 is 0 Å². The molecule has 2 atom stereocenters. The lowest BCUT2D eigenvalue weighted by Gasteiger charge is -2.17. The minimum absolute atomic E-state index is 0.0110. The Morgan fingerprint density at radius 3 is 2.39 bits per heavy atom. The van der Waals surface area contributed by atoms with E-state index in [4.69, 9.17) is 16.1 Å². The molecule has 0 spiro atoms. The van der Waals surface area contributed by atoms with Crippen LogP contribution in [-0.4, -0.2) is 10.1 Å². The lowest BCUT2D eigenvalue weighted by Crippen LogP contribution is -2.22. The third-order valence-electron chi connectivity index (χ3n) is 2.78. The van der Waals surface area contributed by atoms with Gasteiger partial charge in [0, 0.05) is 11.1 Å². The summed E-state index contributed by atoms with van der Waals surface area (Å²) in [5.74, 6) is 1.26. The molecule has 0 bridgehead atoms. The van der Waals surface area contributed by atoms with Crippen molar-refractivity contribution in [2.45, 2.75) is 32.9 Å². The van der Waals surface area contributed by atoms with E-state index >= 15 is 0 Å². The van der Waals surface area contributed by atoms with Crippen LogP contribution >= 0.6 is 11.6 Å². The second kappa shape index (κ2) is 5.50. The van der Waals surface area contributed by atoms with Crippen molar-refractivity contribution in [2.75, 3.05) is 0 Å². The van der Waals surface area contributed by atoms with Crippen LogP contribution in [-0.2, 0) is 0 Å². The fourth-order valence-corrected chi connectivity index (χ4v) is 1.91. The van der Waals surface area contributed by atoms with Crippen LogP contribution in [0.4, 0.5) is 0 Å². The Morgan fingerprint density at radius 2 is 1.83 bits per heavy atom. The number of hydrogen-bond acceptors (Lipinski definition) is 4. The van der Waals surface area contributed by atoms with Crippen LogP contribution in [0.15, 0.2) is 28.8 Å². The molecule has 1 aromatic heterocycles. The Hall–Kier alpha value is -1.39. The number of rotatable bonds is 4. The normalized spacial score (nSPS) is 14.4. The number of benzene rings is 1. The lowest BCUT2D eigenvalue weighted by atomic mass is 10.1. The molecule has 2 rings (SSSR count). The predicted molar refractivity (Wildman–Crippen MR) is 70.5 cm³/mol. The van der Waals surface area contributed by atoms with Gasteiger partial charge in [0.1, 0.15) is 0 Å². The standard InChI is InChI=1S/C13H16ClN3O/c1-8(11-4-6-12(14)7-5-11)15-9(2)13-16-10(3)17-18-13/h4-9,15H,1-3H3/t8-,9+/m0/s1. The van der Waals surface area contributed by atoms with E-state index in [1.54, 1.807) is 0 Å². The van der Waals surface area contributed by atoms with Gasteiger partial charge in [-0.1, -0.05) is 28.9 Å². The van der Waals surface area contributed by atoms with Gasteiger partial charge >= 0.3 is 0 Å². The average molecular weight is 266 g/mol. The number of hydrogen-bond donors (Lipinski definition) is 1. The first-order valence-corrected chi connectivity index (χ1v) is 6.26. The van der Waals surface area contributed by atoms with Gasteiger partial charge in [-0.05, 0) is 38.5 Å². The van der Waals surface area contributed by atoms with Gasteiger partial charge in [0.25, 0.3) is 0 Å². The van der Waals surface area contributed by atoms with E-state index in [1.807, 2.05) is 38.1 Å². The van der Waals surface area contributed by atoms with Crippen LogP contribution < -0.4 is 5.32 Å². The number of halogens is 1. The minimum atomic E-state index is 0.0110. The molecular formula is C13H16ClN3O. The Balaban J connectivity index is 2.02. The molecule has 0 fully saturated rings. The summed E-state index contributed by atoms with van der Waals surface area (Å²) in [6.45, 7) is 5.89. The van der Waals surface area contributed by atoms with Crippen molar-refractivity contribution in [1.82, 2.24) is 15.5 Å². The number of aryl methyl sites for hydroxylation is 1. The van der Waals surface area contributed by atoms with Crippen molar-refractivity contribution in [3.05, 3.63) is 46.6 Å². The highest BCUT2D eigenvalue weighted by molar-refractivity contribution is 6.30. The van der Waals surface area contributed by atoms with Gasteiger partial charge in [0.15, 0.2) is 5.82 Å². The van der Waals surface area contributed by atoms with Crippen LogP contribution in [0.5, 0.6) is 0 Å². The van der Waals surface area contributed by atoms with Gasteiger partial charge in [-0.15, -0.1) is 0 Å². The van der Waals surface area contributed by atoms with Crippen molar-refractivity contribution >= 4 is 11.6 Å². The maximum absolute atomic E-state index is 5.87. The molecule has 0 aliphatic carbocycles. The van der Waals surface area contributed by atoms with E-state index in [0.717, 1.165) is 5.02 Å². The molecular weight excluding hydrogens is 250 g/mol. The number of aromatic nitrogens is 2. The van der Waals surface area contributed by atoms with Gasteiger partial charge in [-0.3, -0.25) is 5.32 Å². The quantitative estimate of drug-likeness (QED) is 0.920. The fraction of sp³-hybridized carbons (Fsp3) is 0.385. The summed E-state index contributed by atoms with van der Waals surface area (Å²) in [6, 6.07) is 7.98. The molecule has 0 aliphatic heterocycles. The summed E-state index contributed by atoms with van der Waals surface area (Å²) >= 11 is 5.87. The van der Waals surface area contributed by atoms with Gasteiger partial charge in [-0.25, -0.2) is 0 Å². The summed E-state index contributed by atoms with van der Waals surface area (Å²) in [4.78, 5) is 4.21. The van der Waals surface area contributed by atoms with Crippen molar-refractivity contribution in [2.24, 2.45) is 0 Å². The minimum Gasteiger partial charge on any atom is -0.338 e. The number of nitrogens with zero attached hydrogens (tertiary/aromatic N) is 2. The molecule has 1 N–H and O–H groups in total. The molecule has 0 saturated heterocycles. The molecule has 0 radical (unpaired) electrons. The third-order valence-corrected chi connectivity index (χ3v) is 3.04. The monoisotopic (exact) mass is 265 g/mol. The van der Waals surface area contributed by atoms with Crippen molar-refractivity contribution < 1.29 is 4.52 Å². The average Bonchev–Trinajstić information content (AvgIpc) is 2.76. The second-order valence-electron chi connectivity index (χ2n) is 4.34. The SMILES string of the molecule is Cc1noc([C@@H](C)N[C@@H](C)c2ccc(Cl)cc2)n1. The molecule has 5 heteroatoms. The topological polar surface area (TPSA) is 51.0 Å². The first-order valence-electron chi connectivity index (χ1n) is 5.88. The highest BCUT2D eigenvalue weighted by atomic mass is 35.5. The molecule has 0 unspecified atom stereocenters. The molecule has 96 valence electrons. The zero-order valence-corrected chi connectivity index (χ0v) is 11.4. The Morgan fingerprint density at radius 1 is 1.17 bits per heavy atom. The van der Waals surface area contributed by atoms with E-state index in [2.05, 4.69) is 22.4 Å². The highest BCUT2D eigenvalue weighted by Gasteiger charge is 2.16. The van der Waals surface area contributed by atoms with Crippen LogP contribution in [0.2, 0.25) is 5.02 Å². The maximum atomic E-state index is 5.87. The molecule has 0 saturated carbocycles. The Bertz CT molecular complexity index is 509. The lowest BCUT2D eigenvalue weighted by molar-refractivity contribution is 0.326. The zero-order chi connectivity index (χ0) is 13.1. The summed E-state index contributed by atoms with van der Waals surface area (Å²) in [5.41, 5.74) is 1.17. The van der Waals surface area contributed by atoms with Crippen LogP contribution in [0.1, 0.15) is 43.2 Å². The Labute approximate surface area is 111 Å². The first-order chi connectivity index (χ1) is 8.56. The van der Waals surface area contributed by atoms with Crippen molar-refractivity contribution in [3.63, 3.8) is 0 Å². The molecule has 0 amide bonds. The van der Waals surface area contributed by atoms with Crippen molar-refractivity contribution in [3.8, 4) is 0 Å². The third kappa shape index (κ3) is 3.09. The van der Waals surface area contributed by atoms with Gasteiger partial charge in [-0.2, -0.15) is 4.98 Å². The molecule has 2 aromatic rings. The van der Waals surface area contributed by atoms with Crippen LogP contribution in [0.3, 0.4) is 0 Å². The van der Waals surface area contributed by atoms with Gasteiger partial charge < -0.3 is 4.52 Å².